The molecule has 4 rings (SSSR count). The molecule has 1 N–H and O–H groups in total. The van der Waals surface area contributed by atoms with Gasteiger partial charge in [0.2, 0.25) is 5.72 Å². The highest BCUT2D eigenvalue weighted by molar-refractivity contribution is 9.10. The predicted octanol–water partition coefficient (Wildman–Crippen LogP) is 5.55. The maximum atomic E-state index is 12.6. The third kappa shape index (κ3) is 2.61. The van der Waals surface area contributed by atoms with Crippen LogP contribution in [0.25, 0.3) is 0 Å². The number of carbonyl (C=O) groups is 1. The number of rotatable bonds is 3. The van der Waals surface area contributed by atoms with Crippen molar-refractivity contribution in [3.63, 3.8) is 0 Å². The van der Waals surface area contributed by atoms with Crippen molar-refractivity contribution < 1.29 is 9.53 Å². The van der Waals surface area contributed by atoms with Crippen molar-refractivity contribution >= 4 is 27.6 Å². The molecule has 26 heavy (non-hydrogen) atoms. The molecule has 1 aliphatic rings. The molecular weight excluding hydrogens is 390 g/mol. The standard InChI is InChI=1S/C22H18BrNO2/c1-14-11-12-16(13-15(14)2)22(24-20-10-6-5-9-19(20)23)18-8-4-3-7-17(18)21(25)26-22/h3-13,24H,1-2H3. The van der Waals surface area contributed by atoms with Crippen LogP contribution in [0.15, 0.2) is 71.2 Å². The van der Waals surface area contributed by atoms with Gasteiger partial charge in [0.15, 0.2) is 0 Å². The van der Waals surface area contributed by atoms with E-state index in [2.05, 4.69) is 47.2 Å². The lowest BCUT2D eigenvalue weighted by Crippen LogP contribution is -2.37. The second-order valence-corrected chi connectivity index (χ2v) is 7.37. The Kier molecular flexibility index (Phi) is 4.08. The number of aryl methyl sites for hydroxylation is 2. The van der Waals surface area contributed by atoms with Gasteiger partial charge in [-0.2, -0.15) is 0 Å². The van der Waals surface area contributed by atoms with E-state index >= 15 is 0 Å². The average molecular weight is 408 g/mol. The fourth-order valence-corrected chi connectivity index (χ4v) is 3.69. The highest BCUT2D eigenvalue weighted by Gasteiger charge is 2.47. The molecule has 0 aromatic heterocycles. The summed E-state index contributed by atoms with van der Waals surface area (Å²) >= 11 is 3.58. The predicted molar refractivity (Wildman–Crippen MR) is 106 cm³/mol. The third-order valence-corrected chi connectivity index (χ3v) is 5.56. The van der Waals surface area contributed by atoms with E-state index in [1.54, 1.807) is 0 Å². The number of hydrogen-bond acceptors (Lipinski definition) is 3. The Morgan fingerprint density at radius 3 is 2.42 bits per heavy atom. The monoisotopic (exact) mass is 407 g/mol. The van der Waals surface area contributed by atoms with Gasteiger partial charge in [0, 0.05) is 15.6 Å². The van der Waals surface area contributed by atoms with Gasteiger partial charge >= 0.3 is 5.97 Å². The number of ether oxygens (including phenoxy) is 1. The summed E-state index contributed by atoms with van der Waals surface area (Å²) in [6, 6.07) is 21.5. The molecule has 3 aromatic carbocycles. The summed E-state index contributed by atoms with van der Waals surface area (Å²) in [5.41, 5.74) is 4.45. The van der Waals surface area contributed by atoms with E-state index in [4.69, 9.17) is 4.74 Å². The van der Waals surface area contributed by atoms with Crippen LogP contribution >= 0.6 is 15.9 Å². The molecule has 0 saturated heterocycles. The van der Waals surface area contributed by atoms with Crippen LogP contribution in [0.2, 0.25) is 0 Å². The zero-order valence-electron chi connectivity index (χ0n) is 14.5. The molecule has 4 heteroatoms. The van der Waals surface area contributed by atoms with E-state index in [0.717, 1.165) is 26.9 Å². The molecule has 1 unspecified atom stereocenters. The fraction of sp³-hybridized carbons (Fsp3) is 0.136. The number of fused-ring (bicyclic) bond motifs is 1. The molecule has 0 bridgehead atoms. The van der Waals surface area contributed by atoms with Gasteiger partial charge in [0.25, 0.3) is 0 Å². The fourth-order valence-electron chi connectivity index (χ4n) is 3.31. The van der Waals surface area contributed by atoms with Crippen molar-refractivity contribution in [2.45, 2.75) is 19.6 Å². The van der Waals surface area contributed by atoms with Crippen LogP contribution in [0.1, 0.15) is 32.6 Å². The molecule has 1 heterocycles. The Bertz CT molecular complexity index is 1010. The van der Waals surface area contributed by atoms with E-state index in [1.807, 2.05) is 54.6 Å². The van der Waals surface area contributed by atoms with Gasteiger partial charge in [-0.3, -0.25) is 0 Å². The van der Waals surface area contributed by atoms with E-state index in [0.29, 0.717) is 5.56 Å². The van der Waals surface area contributed by atoms with Crippen LogP contribution in [-0.4, -0.2) is 5.97 Å². The van der Waals surface area contributed by atoms with Gasteiger partial charge < -0.3 is 10.1 Å². The van der Waals surface area contributed by atoms with Crippen molar-refractivity contribution in [1.82, 2.24) is 0 Å². The quantitative estimate of drug-likeness (QED) is 0.578. The number of cyclic esters (lactones) is 1. The van der Waals surface area contributed by atoms with Crippen LogP contribution < -0.4 is 5.32 Å². The largest absolute Gasteiger partial charge is 0.427 e. The minimum Gasteiger partial charge on any atom is -0.427 e. The van der Waals surface area contributed by atoms with Crippen LogP contribution in [0.4, 0.5) is 5.69 Å². The summed E-state index contributed by atoms with van der Waals surface area (Å²) in [6.45, 7) is 4.13. The average Bonchev–Trinajstić information content (AvgIpc) is 2.93. The Morgan fingerprint density at radius 1 is 0.923 bits per heavy atom. The lowest BCUT2D eigenvalue weighted by atomic mass is 9.90. The number of hydrogen-bond donors (Lipinski definition) is 1. The first-order valence-corrected chi connectivity index (χ1v) is 9.24. The maximum absolute atomic E-state index is 12.6. The summed E-state index contributed by atoms with van der Waals surface area (Å²) in [5, 5.41) is 3.48. The van der Waals surface area contributed by atoms with E-state index in [9.17, 15) is 4.79 Å². The van der Waals surface area contributed by atoms with Gasteiger partial charge in [-0.15, -0.1) is 0 Å². The van der Waals surface area contributed by atoms with Gasteiger partial charge in [-0.1, -0.05) is 42.5 Å². The Hall–Kier alpha value is -2.59. The molecule has 130 valence electrons. The summed E-state index contributed by atoms with van der Waals surface area (Å²) in [6.07, 6.45) is 0. The molecule has 0 aliphatic carbocycles. The molecular formula is C22H18BrNO2. The minimum absolute atomic E-state index is 0.321. The van der Waals surface area contributed by atoms with E-state index < -0.39 is 5.72 Å². The summed E-state index contributed by atoms with van der Waals surface area (Å²) in [5.74, 6) is -0.321. The van der Waals surface area contributed by atoms with Crippen LogP contribution in [-0.2, 0) is 10.5 Å². The molecule has 0 spiro atoms. The molecule has 0 amide bonds. The zero-order valence-corrected chi connectivity index (χ0v) is 16.1. The molecule has 1 atom stereocenters. The van der Waals surface area contributed by atoms with Crippen molar-refractivity contribution in [2.75, 3.05) is 5.32 Å². The molecule has 0 fully saturated rings. The lowest BCUT2D eigenvalue weighted by Gasteiger charge is -2.32. The highest BCUT2D eigenvalue weighted by Crippen LogP contribution is 2.43. The van der Waals surface area contributed by atoms with Crippen molar-refractivity contribution in [3.8, 4) is 0 Å². The van der Waals surface area contributed by atoms with Crippen LogP contribution in [0, 0.1) is 13.8 Å². The van der Waals surface area contributed by atoms with Crippen molar-refractivity contribution in [3.05, 3.63) is 99.0 Å². The molecule has 1 aliphatic heterocycles. The first-order valence-electron chi connectivity index (χ1n) is 8.44. The number of benzene rings is 3. The smallest absolute Gasteiger partial charge is 0.341 e. The summed E-state index contributed by atoms with van der Waals surface area (Å²) in [4.78, 5) is 12.6. The maximum Gasteiger partial charge on any atom is 0.341 e. The van der Waals surface area contributed by atoms with Crippen molar-refractivity contribution in [1.29, 1.82) is 0 Å². The second-order valence-electron chi connectivity index (χ2n) is 6.52. The van der Waals surface area contributed by atoms with Crippen LogP contribution in [0.5, 0.6) is 0 Å². The summed E-state index contributed by atoms with van der Waals surface area (Å²) < 4.78 is 6.89. The molecule has 3 nitrogen and oxygen atoms in total. The van der Waals surface area contributed by atoms with Gasteiger partial charge in [0.05, 0.1) is 11.3 Å². The first kappa shape index (κ1) is 16.9. The third-order valence-electron chi connectivity index (χ3n) is 4.87. The minimum atomic E-state index is -1.06. The van der Waals surface area contributed by atoms with E-state index in [1.165, 1.54) is 5.56 Å². The number of esters is 1. The molecule has 0 radical (unpaired) electrons. The first-order chi connectivity index (χ1) is 12.5. The number of carbonyl (C=O) groups excluding carboxylic acids is 1. The molecule has 3 aromatic rings. The van der Waals surface area contributed by atoms with E-state index in [-0.39, 0.29) is 5.97 Å². The highest BCUT2D eigenvalue weighted by atomic mass is 79.9. The summed E-state index contributed by atoms with van der Waals surface area (Å²) in [7, 11) is 0. The van der Waals surface area contributed by atoms with Gasteiger partial charge in [-0.05, 0) is 65.2 Å². The Morgan fingerprint density at radius 2 is 1.65 bits per heavy atom. The SMILES string of the molecule is Cc1ccc(C2(Nc3ccccc3Br)OC(=O)c3ccccc32)cc1C. The zero-order chi connectivity index (χ0) is 18.3. The van der Waals surface area contributed by atoms with Crippen molar-refractivity contribution in [2.24, 2.45) is 0 Å². The number of para-hydroxylation sites is 1. The Labute approximate surface area is 161 Å². The number of halogens is 1. The topological polar surface area (TPSA) is 38.3 Å². The number of anilines is 1. The van der Waals surface area contributed by atoms with Crippen LogP contribution in [0.3, 0.4) is 0 Å². The van der Waals surface area contributed by atoms with Gasteiger partial charge in [-0.25, -0.2) is 4.79 Å². The number of nitrogens with one attached hydrogen (secondary N) is 1. The normalized spacial score (nSPS) is 18.3. The Balaban J connectivity index is 1.95. The second kappa shape index (κ2) is 6.29. The lowest BCUT2D eigenvalue weighted by molar-refractivity contribution is 0.0212. The van der Waals surface area contributed by atoms with Gasteiger partial charge in [0.1, 0.15) is 0 Å². The molecule has 0 saturated carbocycles.